The minimum Gasteiger partial charge on any atom is -0.319 e. The standard InChI is InChI=1S/C14H29N3O2S/c1-12-5-4-8-17(13(12)2)20(18,19)16-9-6-14(7-10-16)11-15-3/h12-15H,4-11H2,1-3H3. The van der Waals surface area contributed by atoms with E-state index in [0.29, 0.717) is 31.5 Å². The van der Waals surface area contributed by atoms with Gasteiger partial charge in [0.25, 0.3) is 10.2 Å². The van der Waals surface area contributed by atoms with Crippen molar-refractivity contribution in [3.8, 4) is 0 Å². The van der Waals surface area contributed by atoms with Crippen LogP contribution in [0.4, 0.5) is 0 Å². The molecule has 2 unspecified atom stereocenters. The first kappa shape index (κ1) is 16.2. The minimum atomic E-state index is -3.26. The summed E-state index contributed by atoms with van der Waals surface area (Å²) in [6, 6.07) is 0.129. The molecule has 118 valence electrons. The molecule has 20 heavy (non-hydrogen) atoms. The molecule has 5 nitrogen and oxygen atoms in total. The molecule has 2 atom stereocenters. The average Bonchev–Trinajstić information content (AvgIpc) is 2.42. The normalized spacial score (nSPS) is 31.6. The SMILES string of the molecule is CNCC1CCN(S(=O)(=O)N2CCCC(C)C2C)CC1. The molecule has 0 aromatic carbocycles. The van der Waals surface area contributed by atoms with Gasteiger partial charge < -0.3 is 5.32 Å². The third-order valence-corrected chi connectivity index (χ3v) is 7.13. The first-order valence-corrected chi connectivity index (χ1v) is 9.28. The van der Waals surface area contributed by atoms with E-state index in [1.165, 1.54) is 0 Å². The zero-order chi connectivity index (χ0) is 14.8. The lowest BCUT2D eigenvalue weighted by molar-refractivity contribution is 0.178. The van der Waals surface area contributed by atoms with E-state index in [1.54, 1.807) is 8.61 Å². The summed E-state index contributed by atoms with van der Waals surface area (Å²) < 4.78 is 29.0. The number of nitrogens with zero attached hydrogens (tertiary/aromatic N) is 2. The van der Waals surface area contributed by atoms with Crippen molar-refractivity contribution in [1.82, 2.24) is 13.9 Å². The van der Waals surface area contributed by atoms with Crippen molar-refractivity contribution >= 4 is 10.2 Å². The Bertz CT molecular complexity index is 405. The monoisotopic (exact) mass is 303 g/mol. The summed E-state index contributed by atoms with van der Waals surface area (Å²) in [6.07, 6.45) is 4.06. The molecule has 2 heterocycles. The predicted molar refractivity (Wildman–Crippen MR) is 81.7 cm³/mol. The molecule has 6 heteroatoms. The summed E-state index contributed by atoms with van der Waals surface area (Å²) in [7, 11) is -1.30. The topological polar surface area (TPSA) is 52.7 Å². The predicted octanol–water partition coefficient (Wildman–Crippen LogP) is 1.28. The fourth-order valence-electron chi connectivity index (χ4n) is 3.40. The fraction of sp³-hybridized carbons (Fsp3) is 1.00. The number of nitrogens with one attached hydrogen (secondary N) is 1. The Morgan fingerprint density at radius 1 is 1.10 bits per heavy atom. The van der Waals surface area contributed by atoms with Gasteiger partial charge in [0.1, 0.15) is 0 Å². The van der Waals surface area contributed by atoms with Crippen LogP contribution in [0.25, 0.3) is 0 Å². The Morgan fingerprint density at radius 3 is 2.35 bits per heavy atom. The van der Waals surface area contributed by atoms with E-state index in [0.717, 1.165) is 32.2 Å². The summed E-state index contributed by atoms with van der Waals surface area (Å²) in [5, 5.41) is 3.19. The molecular formula is C14H29N3O2S. The van der Waals surface area contributed by atoms with Crippen molar-refractivity contribution in [2.45, 2.75) is 45.6 Å². The van der Waals surface area contributed by atoms with Gasteiger partial charge in [-0.3, -0.25) is 0 Å². The molecule has 2 saturated heterocycles. The van der Waals surface area contributed by atoms with Crippen LogP contribution in [-0.4, -0.2) is 56.3 Å². The Hall–Kier alpha value is -0.170. The lowest BCUT2D eigenvalue weighted by Crippen LogP contribution is -2.53. The molecule has 2 fully saturated rings. The summed E-state index contributed by atoms with van der Waals surface area (Å²) in [5.41, 5.74) is 0. The van der Waals surface area contributed by atoms with Gasteiger partial charge in [0.05, 0.1) is 0 Å². The lowest BCUT2D eigenvalue weighted by Gasteiger charge is -2.41. The van der Waals surface area contributed by atoms with Crippen LogP contribution in [0.1, 0.15) is 39.5 Å². The maximum Gasteiger partial charge on any atom is 0.282 e. The van der Waals surface area contributed by atoms with Gasteiger partial charge in [0, 0.05) is 25.7 Å². The van der Waals surface area contributed by atoms with Crippen molar-refractivity contribution in [2.75, 3.05) is 33.2 Å². The van der Waals surface area contributed by atoms with Crippen LogP contribution < -0.4 is 5.32 Å². The molecule has 0 spiro atoms. The molecule has 2 rings (SSSR count). The van der Waals surface area contributed by atoms with Crippen LogP contribution in [0.5, 0.6) is 0 Å². The third-order valence-electron chi connectivity index (χ3n) is 5.00. The summed E-state index contributed by atoms with van der Waals surface area (Å²) in [4.78, 5) is 0. The Morgan fingerprint density at radius 2 is 1.75 bits per heavy atom. The van der Waals surface area contributed by atoms with Gasteiger partial charge in [0.15, 0.2) is 0 Å². The Kier molecular flexibility index (Phi) is 5.45. The van der Waals surface area contributed by atoms with Crippen LogP contribution in [0, 0.1) is 11.8 Å². The highest BCUT2D eigenvalue weighted by atomic mass is 32.2. The van der Waals surface area contributed by atoms with Crippen molar-refractivity contribution in [3.63, 3.8) is 0 Å². The number of hydrogen-bond donors (Lipinski definition) is 1. The second-order valence-electron chi connectivity index (χ2n) is 6.38. The molecule has 0 saturated carbocycles. The molecule has 1 N–H and O–H groups in total. The molecule has 0 amide bonds. The Balaban J connectivity index is 2.00. The first-order chi connectivity index (χ1) is 9.46. The smallest absolute Gasteiger partial charge is 0.282 e. The summed E-state index contributed by atoms with van der Waals surface area (Å²) in [6.45, 7) is 7.23. The average molecular weight is 303 g/mol. The number of piperidine rings is 2. The fourth-order valence-corrected chi connectivity index (χ4v) is 5.36. The van der Waals surface area contributed by atoms with Gasteiger partial charge in [0.2, 0.25) is 0 Å². The first-order valence-electron chi connectivity index (χ1n) is 7.88. The van der Waals surface area contributed by atoms with Crippen molar-refractivity contribution in [2.24, 2.45) is 11.8 Å². The zero-order valence-corrected chi connectivity index (χ0v) is 13.8. The van der Waals surface area contributed by atoms with E-state index >= 15 is 0 Å². The van der Waals surface area contributed by atoms with E-state index in [-0.39, 0.29) is 6.04 Å². The molecule has 2 aliphatic heterocycles. The molecule has 0 aliphatic carbocycles. The van der Waals surface area contributed by atoms with Gasteiger partial charge >= 0.3 is 0 Å². The third kappa shape index (κ3) is 3.35. The van der Waals surface area contributed by atoms with Crippen molar-refractivity contribution in [1.29, 1.82) is 0 Å². The molecule has 0 radical (unpaired) electrons. The van der Waals surface area contributed by atoms with E-state index in [4.69, 9.17) is 0 Å². The van der Waals surface area contributed by atoms with Gasteiger partial charge in [-0.05, 0) is 58.0 Å². The zero-order valence-electron chi connectivity index (χ0n) is 13.0. The molecule has 0 aromatic rings. The highest BCUT2D eigenvalue weighted by Gasteiger charge is 2.38. The van der Waals surface area contributed by atoms with E-state index < -0.39 is 10.2 Å². The molecule has 0 bridgehead atoms. The van der Waals surface area contributed by atoms with Crippen LogP contribution in [0.3, 0.4) is 0 Å². The van der Waals surface area contributed by atoms with Gasteiger partial charge in [-0.15, -0.1) is 0 Å². The van der Waals surface area contributed by atoms with Gasteiger partial charge in [-0.1, -0.05) is 6.92 Å². The number of hydrogen-bond acceptors (Lipinski definition) is 3. The maximum absolute atomic E-state index is 12.8. The second-order valence-corrected chi connectivity index (χ2v) is 8.26. The van der Waals surface area contributed by atoms with Crippen LogP contribution >= 0.6 is 0 Å². The second kappa shape index (κ2) is 6.73. The molecular weight excluding hydrogens is 274 g/mol. The van der Waals surface area contributed by atoms with E-state index in [1.807, 2.05) is 7.05 Å². The quantitative estimate of drug-likeness (QED) is 0.851. The van der Waals surface area contributed by atoms with Crippen LogP contribution in [0.15, 0.2) is 0 Å². The highest BCUT2D eigenvalue weighted by Crippen LogP contribution is 2.28. The van der Waals surface area contributed by atoms with Crippen molar-refractivity contribution < 1.29 is 8.42 Å². The van der Waals surface area contributed by atoms with Crippen molar-refractivity contribution in [3.05, 3.63) is 0 Å². The summed E-state index contributed by atoms with van der Waals surface area (Å²) >= 11 is 0. The lowest BCUT2D eigenvalue weighted by atomic mass is 9.94. The maximum atomic E-state index is 12.8. The minimum absolute atomic E-state index is 0.129. The van der Waals surface area contributed by atoms with Crippen LogP contribution in [-0.2, 0) is 10.2 Å². The van der Waals surface area contributed by atoms with Gasteiger partial charge in [-0.25, -0.2) is 0 Å². The number of rotatable bonds is 4. The van der Waals surface area contributed by atoms with E-state index in [2.05, 4.69) is 19.2 Å². The van der Waals surface area contributed by atoms with Crippen LogP contribution in [0.2, 0.25) is 0 Å². The largest absolute Gasteiger partial charge is 0.319 e. The van der Waals surface area contributed by atoms with Gasteiger partial charge in [-0.2, -0.15) is 17.0 Å². The summed E-state index contributed by atoms with van der Waals surface area (Å²) in [5.74, 6) is 1.07. The highest BCUT2D eigenvalue weighted by molar-refractivity contribution is 7.86. The Labute approximate surface area is 123 Å². The van der Waals surface area contributed by atoms with E-state index in [9.17, 15) is 8.42 Å². The molecule has 0 aromatic heterocycles. The molecule has 2 aliphatic rings.